The fourth-order valence-electron chi connectivity index (χ4n) is 2.35. The van der Waals surface area contributed by atoms with Crippen molar-refractivity contribution >= 4 is 6.03 Å². The van der Waals surface area contributed by atoms with E-state index in [1.165, 1.54) is 12.1 Å². The Hall–Kier alpha value is -2.41. The Labute approximate surface area is 140 Å². The molecular formula is C17H23FN4O2. The van der Waals surface area contributed by atoms with Gasteiger partial charge in [0, 0.05) is 38.5 Å². The topological polar surface area (TPSA) is 70.4 Å². The van der Waals surface area contributed by atoms with Crippen molar-refractivity contribution in [2.45, 2.75) is 25.9 Å². The van der Waals surface area contributed by atoms with Crippen LogP contribution in [0.25, 0.3) is 0 Å². The minimum atomic E-state index is -0.310. The molecule has 130 valence electrons. The highest BCUT2D eigenvalue weighted by atomic mass is 19.1. The second kappa shape index (κ2) is 8.44. The van der Waals surface area contributed by atoms with Crippen molar-refractivity contribution in [3.05, 3.63) is 53.6 Å². The summed E-state index contributed by atoms with van der Waals surface area (Å²) in [6.45, 7) is 2.66. The van der Waals surface area contributed by atoms with Crippen molar-refractivity contribution in [1.82, 2.24) is 20.0 Å². The predicted octanol–water partition coefficient (Wildman–Crippen LogP) is 2.21. The van der Waals surface area contributed by atoms with E-state index < -0.39 is 0 Å². The van der Waals surface area contributed by atoms with Gasteiger partial charge < -0.3 is 15.3 Å². The minimum Gasteiger partial charge on any atom is -0.396 e. The zero-order valence-corrected chi connectivity index (χ0v) is 13.9. The van der Waals surface area contributed by atoms with Crippen LogP contribution in [0.4, 0.5) is 9.18 Å². The van der Waals surface area contributed by atoms with Crippen LogP contribution in [-0.2, 0) is 13.6 Å². The molecule has 0 radical (unpaired) electrons. The quantitative estimate of drug-likeness (QED) is 0.816. The van der Waals surface area contributed by atoms with Crippen molar-refractivity contribution in [2.24, 2.45) is 7.05 Å². The number of carbonyl (C=O) groups is 1. The third kappa shape index (κ3) is 5.06. The van der Waals surface area contributed by atoms with Crippen LogP contribution in [0.2, 0.25) is 0 Å². The first-order chi connectivity index (χ1) is 11.5. The summed E-state index contributed by atoms with van der Waals surface area (Å²) in [6.07, 6.45) is 4.04. The van der Waals surface area contributed by atoms with E-state index in [1.807, 2.05) is 20.2 Å². The number of rotatable bonds is 7. The molecular weight excluding hydrogens is 311 g/mol. The second-order valence-electron chi connectivity index (χ2n) is 5.74. The molecule has 2 amide bonds. The Balaban J connectivity index is 2.02. The minimum absolute atomic E-state index is 0.00531. The zero-order chi connectivity index (χ0) is 17.5. The maximum absolute atomic E-state index is 13.0. The van der Waals surface area contributed by atoms with Gasteiger partial charge in [0.15, 0.2) is 0 Å². The molecule has 1 aromatic carbocycles. The molecule has 0 saturated heterocycles. The van der Waals surface area contributed by atoms with Gasteiger partial charge in [0.1, 0.15) is 5.82 Å². The van der Waals surface area contributed by atoms with Gasteiger partial charge in [-0.15, -0.1) is 0 Å². The van der Waals surface area contributed by atoms with Crippen LogP contribution < -0.4 is 5.32 Å². The monoisotopic (exact) mass is 334 g/mol. The molecule has 0 fully saturated rings. The van der Waals surface area contributed by atoms with Crippen LogP contribution in [0.15, 0.2) is 36.7 Å². The van der Waals surface area contributed by atoms with E-state index in [4.69, 9.17) is 5.11 Å². The first kappa shape index (κ1) is 17.9. The van der Waals surface area contributed by atoms with Crippen LogP contribution in [0.1, 0.15) is 30.5 Å². The fourth-order valence-corrected chi connectivity index (χ4v) is 2.35. The first-order valence-corrected chi connectivity index (χ1v) is 7.89. The molecule has 0 saturated carbocycles. The molecule has 0 aliphatic rings. The van der Waals surface area contributed by atoms with E-state index in [1.54, 1.807) is 27.9 Å². The summed E-state index contributed by atoms with van der Waals surface area (Å²) < 4.78 is 14.7. The third-order valence-electron chi connectivity index (χ3n) is 3.72. The molecule has 1 aromatic heterocycles. The summed E-state index contributed by atoms with van der Waals surface area (Å²) in [5.41, 5.74) is 1.74. The van der Waals surface area contributed by atoms with Crippen molar-refractivity contribution < 1.29 is 14.3 Å². The Morgan fingerprint density at radius 3 is 2.71 bits per heavy atom. The molecule has 1 unspecified atom stereocenters. The summed E-state index contributed by atoms with van der Waals surface area (Å²) in [5.74, 6) is -0.310. The lowest BCUT2D eigenvalue weighted by Crippen LogP contribution is -2.41. The van der Waals surface area contributed by atoms with E-state index in [0.29, 0.717) is 19.5 Å². The molecule has 0 aliphatic carbocycles. The molecule has 1 atom stereocenters. The van der Waals surface area contributed by atoms with Gasteiger partial charge in [-0.05, 0) is 31.0 Å². The highest BCUT2D eigenvalue weighted by molar-refractivity contribution is 5.74. The van der Waals surface area contributed by atoms with Crippen molar-refractivity contribution in [1.29, 1.82) is 0 Å². The lowest BCUT2D eigenvalue weighted by molar-refractivity contribution is 0.183. The molecule has 2 rings (SSSR count). The van der Waals surface area contributed by atoms with Gasteiger partial charge in [-0.1, -0.05) is 12.1 Å². The Bertz CT molecular complexity index is 657. The number of nitrogens with one attached hydrogen (secondary N) is 1. The number of carbonyl (C=O) groups excluding carboxylic acids is 1. The molecule has 7 heteroatoms. The van der Waals surface area contributed by atoms with E-state index in [0.717, 1.165) is 11.1 Å². The Morgan fingerprint density at radius 1 is 1.42 bits per heavy atom. The number of aliphatic hydroxyl groups excluding tert-OH is 1. The van der Waals surface area contributed by atoms with E-state index in [9.17, 15) is 9.18 Å². The van der Waals surface area contributed by atoms with Gasteiger partial charge in [-0.3, -0.25) is 4.68 Å². The molecule has 24 heavy (non-hydrogen) atoms. The van der Waals surface area contributed by atoms with Gasteiger partial charge in [-0.25, -0.2) is 9.18 Å². The maximum Gasteiger partial charge on any atom is 0.318 e. The van der Waals surface area contributed by atoms with Gasteiger partial charge >= 0.3 is 6.03 Å². The number of aliphatic hydroxyl groups is 1. The largest absolute Gasteiger partial charge is 0.396 e. The summed E-state index contributed by atoms with van der Waals surface area (Å²) in [6, 6.07) is 5.63. The van der Waals surface area contributed by atoms with Crippen LogP contribution in [0.5, 0.6) is 0 Å². The average Bonchev–Trinajstić information content (AvgIpc) is 2.99. The number of benzene rings is 1. The number of halogens is 1. The average molecular weight is 334 g/mol. The van der Waals surface area contributed by atoms with Gasteiger partial charge in [0.2, 0.25) is 0 Å². The molecule has 1 heterocycles. The number of hydrogen-bond acceptors (Lipinski definition) is 3. The van der Waals surface area contributed by atoms with Crippen LogP contribution in [0.3, 0.4) is 0 Å². The van der Waals surface area contributed by atoms with Crippen LogP contribution >= 0.6 is 0 Å². The summed E-state index contributed by atoms with van der Waals surface area (Å²) in [4.78, 5) is 14.2. The van der Waals surface area contributed by atoms with Crippen molar-refractivity contribution in [3.8, 4) is 0 Å². The van der Waals surface area contributed by atoms with E-state index >= 15 is 0 Å². The standard InChI is InChI=1S/C17H23FN4O2/c1-13(15-10-19-21(2)12-15)20-17(24)22(8-3-9-23)11-14-4-6-16(18)7-5-14/h4-7,10,12-13,23H,3,8-9,11H2,1-2H3,(H,20,24). The molecule has 6 nitrogen and oxygen atoms in total. The summed E-state index contributed by atoms with van der Waals surface area (Å²) in [5, 5.41) is 16.1. The Kier molecular flexibility index (Phi) is 6.31. The zero-order valence-electron chi connectivity index (χ0n) is 13.9. The predicted molar refractivity (Wildman–Crippen MR) is 88.7 cm³/mol. The molecule has 2 aromatic rings. The number of urea groups is 1. The molecule has 0 spiro atoms. The maximum atomic E-state index is 13.0. The number of nitrogens with zero attached hydrogens (tertiary/aromatic N) is 3. The number of aryl methyl sites for hydroxylation is 1. The first-order valence-electron chi connectivity index (χ1n) is 7.89. The van der Waals surface area contributed by atoms with Crippen molar-refractivity contribution in [3.63, 3.8) is 0 Å². The second-order valence-corrected chi connectivity index (χ2v) is 5.74. The van der Waals surface area contributed by atoms with Gasteiger partial charge in [0.25, 0.3) is 0 Å². The fraction of sp³-hybridized carbons (Fsp3) is 0.412. The van der Waals surface area contributed by atoms with Gasteiger partial charge in [-0.2, -0.15) is 5.10 Å². The number of amides is 2. The normalized spacial score (nSPS) is 12.0. The SMILES string of the molecule is CC(NC(=O)N(CCCO)Cc1ccc(F)cc1)c1cnn(C)c1. The molecule has 0 bridgehead atoms. The van der Waals surface area contributed by atoms with E-state index in [2.05, 4.69) is 10.4 Å². The number of aromatic nitrogens is 2. The van der Waals surface area contributed by atoms with E-state index in [-0.39, 0.29) is 24.5 Å². The lowest BCUT2D eigenvalue weighted by atomic mass is 10.2. The lowest BCUT2D eigenvalue weighted by Gasteiger charge is -2.25. The molecule has 2 N–H and O–H groups in total. The summed E-state index contributed by atoms with van der Waals surface area (Å²) in [7, 11) is 1.82. The highest BCUT2D eigenvalue weighted by Crippen LogP contribution is 2.13. The van der Waals surface area contributed by atoms with Crippen molar-refractivity contribution in [2.75, 3.05) is 13.2 Å². The van der Waals surface area contributed by atoms with Gasteiger partial charge in [0.05, 0.1) is 12.2 Å². The smallest absolute Gasteiger partial charge is 0.318 e. The Morgan fingerprint density at radius 2 is 2.12 bits per heavy atom. The van der Waals surface area contributed by atoms with Crippen LogP contribution in [-0.4, -0.2) is 39.0 Å². The van der Waals surface area contributed by atoms with Crippen LogP contribution in [0, 0.1) is 5.82 Å². The number of hydrogen-bond donors (Lipinski definition) is 2. The third-order valence-corrected chi connectivity index (χ3v) is 3.72. The molecule has 0 aliphatic heterocycles. The summed E-state index contributed by atoms with van der Waals surface area (Å²) >= 11 is 0. The highest BCUT2D eigenvalue weighted by Gasteiger charge is 2.17.